The van der Waals surface area contributed by atoms with Gasteiger partial charge in [0, 0.05) is 6.54 Å². The van der Waals surface area contributed by atoms with Crippen LogP contribution in [-0.2, 0) is 20.7 Å². The molecule has 1 atom stereocenters. The van der Waals surface area contributed by atoms with Gasteiger partial charge in [-0.2, -0.15) is 0 Å². The molecule has 0 spiro atoms. The van der Waals surface area contributed by atoms with Crippen LogP contribution in [0.1, 0.15) is 19.4 Å². The van der Waals surface area contributed by atoms with Crippen molar-refractivity contribution in [3.8, 4) is 0 Å². The Labute approximate surface area is 101 Å². The Morgan fingerprint density at radius 2 is 1.94 bits per heavy atom. The second-order valence-corrected chi connectivity index (χ2v) is 3.69. The quantitative estimate of drug-likeness (QED) is 0.782. The van der Waals surface area contributed by atoms with Crippen LogP contribution >= 0.6 is 0 Å². The van der Waals surface area contributed by atoms with Crippen LogP contribution in [0, 0.1) is 0 Å². The van der Waals surface area contributed by atoms with Crippen LogP contribution < -0.4 is 5.32 Å². The highest BCUT2D eigenvalue weighted by molar-refractivity contribution is 5.83. The maximum Gasteiger partial charge on any atom is 0.311 e. The summed E-state index contributed by atoms with van der Waals surface area (Å²) >= 11 is 0. The lowest BCUT2D eigenvalue weighted by Crippen LogP contribution is -2.35. The maximum absolute atomic E-state index is 11.5. The first kappa shape index (κ1) is 13.2. The van der Waals surface area contributed by atoms with E-state index in [9.17, 15) is 9.59 Å². The summed E-state index contributed by atoms with van der Waals surface area (Å²) in [7, 11) is 0. The van der Waals surface area contributed by atoms with E-state index < -0.39 is 12.1 Å². The van der Waals surface area contributed by atoms with Gasteiger partial charge >= 0.3 is 5.97 Å². The van der Waals surface area contributed by atoms with Crippen molar-refractivity contribution in [3.05, 3.63) is 35.9 Å². The summed E-state index contributed by atoms with van der Waals surface area (Å²) in [5.41, 5.74) is 0.876. The molecule has 0 saturated carbocycles. The number of ether oxygens (including phenoxy) is 1. The van der Waals surface area contributed by atoms with Crippen LogP contribution in [0.25, 0.3) is 0 Å². The van der Waals surface area contributed by atoms with Crippen molar-refractivity contribution < 1.29 is 14.3 Å². The Kier molecular flexibility index (Phi) is 5.20. The van der Waals surface area contributed by atoms with E-state index in [1.165, 1.54) is 0 Å². The number of hydrogen-bond donors (Lipinski definition) is 1. The molecule has 0 saturated heterocycles. The van der Waals surface area contributed by atoms with Gasteiger partial charge in [-0.3, -0.25) is 9.59 Å². The number of amides is 1. The molecule has 0 bridgehead atoms. The summed E-state index contributed by atoms with van der Waals surface area (Å²) < 4.78 is 5.02. The first-order valence-electron chi connectivity index (χ1n) is 5.64. The van der Waals surface area contributed by atoms with Gasteiger partial charge in [-0.05, 0) is 19.4 Å². The van der Waals surface area contributed by atoms with Crippen LogP contribution in [0.15, 0.2) is 30.3 Å². The van der Waals surface area contributed by atoms with Crippen LogP contribution in [0.3, 0.4) is 0 Å². The standard InChI is InChI=1S/C13H17NO3/c1-3-14-13(16)10(2)17-12(15)9-11-7-5-4-6-8-11/h4-8,10H,3,9H2,1-2H3,(H,14,16)/t10-/m1/s1. The summed E-state index contributed by atoms with van der Waals surface area (Å²) in [6.45, 7) is 3.91. The van der Waals surface area contributed by atoms with Crippen LogP contribution in [0.4, 0.5) is 0 Å². The highest BCUT2D eigenvalue weighted by atomic mass is 16.5. The molecule has 0 fully saturated rings. The summed E-state index contributed by atoms with van der Waals surface area (Å²) in [5.74, 6) is -0.663. The first-order chi connectivity index (χ1) is 8.13. The fourth-order valence-electron chi connectivity index (χ4n) is 1.37. The Balaban J connectivity index is 2.42. The van der Waals surface area contributed by atoms with E-state index in [2.05, 4.69) is 5.32 Å². The summed E-state index contributed by atoms with van der Waals surface area (Å²) in [6.07, 6.45) is -0.559. The molecule has 1 amide bonds. The third kappa shape index (κ3) is 4.68. The minimum atomic E-state index is -0.744. The number of likely N-dealkylation sites (N-methyl/N-ethyl adjacent to an activating group) is 1. The molecule has 4 nitrogen and oxygen atoms in total. The smallest absolute Gasteiger partial charge is 0.311 e. The van der Waals surface area contributed by atoms with Gasteiger partial charge in [-0.1, -0.05) is 30.3 Å². The predicted octanol–water partition coefficient (Wildman–Crippen LogP) is 1.30. The van der Waals surface area contributed by atoms with Gasteiger partial charge in [-0.25, -0.2) is 0 Å². The number of carbonyl (C=O) groups is 2. The predicted molar refractivity (Wildman–Crippen MR) is 64.4 cm³/mol. The second kappa shape index (κ2) is 6.68. The highest BCUT2D eigenvalue weighted by Crippen LogP contribution is 2.02. The third-order valence-corrected chi connectivity index (χ3v) is 2.22. The summed E-state index contributed by atoms with van der Waals surface area (Å²) in [4.78, 5) is 22.9. The molecule has 1 aromatic carbocycles. The van der Waals surface area contributed by atoms with Gasteiger partial charge in [-0.15, -0.1) is 0 Å². The summed E-state index contributed by atoms with van der Waals surface area (Å²) in [5, 5.41) is 2.60. The average Bonchev–Trinajstić information content (AvgIpc) is 2.30. The summed E-state index contributed by atoms with van der Waals surface area (Å²) in [6, 6.07) is 9.29. The number of benzene rings is 1. The van der Waals surface area contributed by atoms with Crippen molar-refractivity contribution in [2.45, 2.75) is 26.4 Å². The van der Waals surface area contributed by atoms with Crippen molar-refractivity contribution in [2.75, 3.05) is 6.54 Å². The molecule has 1 aromatic rings. The van der Waals surface area contributed by atoms with Crippen molar-refractivity contribution in [1.82, 2.24) is 5.32 Å². The molecule has 92 valence electrons. The zero-order valence-electron chi connectivity index (χ0n) is 10.1. The van der Waals surface area contributed by atoms with Gasteiger partial charge in [0.05, 0.1) is 6.42 Å². The van der Waals surface area contributed by atoms with Crippen molar-refractivity contribution >= 4 is 11.9 Å². The molecular formula is C13H17NO3. The SMILES string of the molecule is CCNC(=O)[C@@H](C)OC(=O)Cc1ccccc1. The normalized spacial score (nSPS) is 11.6. The number of esters is 1. The molecule has 1 rings (SSSR count). The molecule has 0 aliphatic carbocycles. The van der Waals surface area contributed by atoms with Crippen molar-refractivity contribution in [2.24, 2.45) is 0 Å². The Bertz CT molecular complexity index is 376. The minimum Gasteiger partial charge on any atom is -0.452 e. The number of rotatable bonds is 5. The lowest BCUT2D eigenvalue weighted by atomic mass is 10.1. The lowest BCUT2D eigenvalue weighted by Gasteiger charge is -2.12. The van der Waals surface area contributed by atoms with Crippen LogP contribution in [-0.4, -0.2) is 24.5 Å². The molecule has 0 aliphatic heterocycles. The van der Waals surface area contributed by atoms with Crippen LogP contribution in [0.2, 0.25) is 0 Å². The maximum atomic E-state index is 11.5. The Hall–Kier alpha value is -1.84. The fraction of sp³-hybridized carbons (Fsp3) is 0.385. The van der Waals surface area contributed by atoms with Gasteiger partial charge in [0.1, 0.15) is 0 Å². The van der Waals surface area contributed by atoms with Gasteiger partial charge in [0.2, 0.25) is 0 Å². The van der Waals surface area contributed by atoms with E-state index in [1.807, 2.05) is 37.3 Å². The third-order valence-electron chi connectivity index (χ3n) is 2.22. The average molecular weight is 235 g/mol. The zero-order chi connectivity index (χ0) is 12.7. The van der Waals surface area contributed by atoms with E-state index in [0.29, 0.717) is 6.54 Å². The van der Waals surface area contributed by atoms with Crippen molar-refractivity contribution in [1.29, 1.82) is 0 Å². The number of carbonyl (C=O) groups excluding carboxylic acids is 2. The molecular weight excluding hydrogens is 218 g/mol. The van der Waals surface area contributed by atoms with Gasteiger partial charge < -0.3 is 10.1 Å². The van der Waals surface area contributed by atoms with E-state index in [4.69, 9.17) is 4.74 Å². The van der Waals surface area contributed by atoms with Gasteiger partial charge in [0.25, 0.3) is 5.91 Å². The van der Waals surface area contributed by atoms with E-state index in [0.717, 1.165) is 5.56 Å². The Morgan fingerprint density at radius 3 is 2.53 bits per heavy atom. The first-order valence-corrected chi connectivity index (χ1v) is 5.64. The molecule has 1 N–H and O–H groups in total. The minimum absolute atomic E-state index is 0.185. The largest absolute Gasteiger partial charge is 0.452 e. The zero-order valence-corrected chi connectivity index (χ0v) is 10.1. The topological polar surface area (TPSA) is 55.4 Å². The molecule has 0 aromatic heterocycles. The monoisotopic (exact) mass is 235 g/mol. The lowest BCUT2D eigenvalue weighted by molar-refractivity contribution is -0.154. The number of nitrogens with one attached hydrogen (secondary N) is 1. The molecule has 0 aliphatic rings. The molecule has 17 heavy (non-hydrogen) atoms. The Morgan fingerprint density at radius 1 is 1.29 bits per heavy atom. The molecule has 0 radical (unpaired) electrons. The fourth-order valence-corrected chi connectivity index (χ4v) is 1.37. The highest BCUT2D eigenvalue weighted by Gasteiger charge is 2.16. The molecule has 0 unspecified atom stereocenters. The van der Waals surface area contributed by atoms with Crippen molar-refractivity contribution in [3.63, 3.8) is 0 Å². The number of hydrogen-bond acceptors (Lipinski definition) is 3. The second-order valence-electron chi connectivity index (χ2n) is 3.69. The molecule has 0 heterocycles. The van der Waals surface area contributed by atoms with Crippen LogP contribution in [0.5, 0.6) is 0 Å². The van der Waals surface area contributed by atoms with Gasteiger partial charge in [0.15, 0.2) is 6.10 Å². The van der Waals surface area contributed by atoms with E-state index >= 15 is 0 Å². The van der Waals surface area contributed by atoms with E-state index in [-0.39, 0.29) is 12.3 Å². The molecule has 4 heteroatoms. The van der Waals surface area contributed by atoms with E-state index in [1.54, 1.807) is 6.92 Å².